The molecular weight excluding hydrogens is 175 g/mol. The maximum Gasteiger partial charge on any atom is 0.494 e. The van der Waals surface area contributed by atoms with Crippen molar-refractivity contribution in [1.29, 1.82) is 0 Å². The molecule has 0 N–H and O–H groups in total. The summed E-state index contributed by atoms with van der Waals surface area (Å²) in [7, 11) is -0.119. The molecule has 0 aromatic heterocycles. The van der Waals surface area contributed by atoms with Crippen molar-refractivity contribution in [3.8, 4) is 0 Å². The maximum atomic E-state index is 5.85. The van der Waals surface area contributed by atoms with Gasteiger partial charge in [0.25, 0.3) is 0 Å². The van der Waals surface area contributed by atoms with E-state index in [1.165, 1.54) is 6.42 Å². The van der Waals surface area contributed by atoms with Crippen molar-refractivity contribution < 1.29 is 9.31 Å². The molecule has 3 heteroatoms. The van der Waals surface area contributed by atoms with Crippen LogP contribution in [0, 0.1) is 0 Å². The molecule has 1 saturated heterocycles. The van der Waals surface area contributed by atoms with Gasteiger partial charge in [-0.3, -0.25) is 0 Å². The van der Waals surface area contributed by atoms with E-state index >= 15 is 0 Å². The van der Waals surface area contributed by atoms with Crippen molar-refractivity contribution >= 4 is 12.6 Å². The van der Waals surface area contributed by atoms with E-state index < -0.39 is 0 Å². The predicted molar refractivity (Wildman–Crippen MR) is 55.4 cm³/mol. The molecule has 2 fully saturated rings. The molecule has 2 atom stereocenters. The summed E-state index contributed by atoms with van der Waals surface area (Å²) in [5, 5.41) is 0. The number of benzene rings is 1. The Kier molecular flexibility index (Phi) is 2.07. The Morgan fingerprint density at radius 2 is 1.64 bits per heavy atom. The van der Waals surface area contributed by atoms with Gasteiger partial charge in [0.1, 0.15) is 0 Å². The maximum absolute atomic E-state index is 5.85. The second-order valence-electron chi connectivity index (χ2n) is 4.02. The average molecular weight is 188 g/mol. The standard InChI is InChI=1S/C11H13BO2/c1-2-5-9(6-3-1)12-13-10-7-4-8-11(10)14-12/h1-3,5-6,10-11H,4,7-8H2/t10-,11+. The molecule has 2 aliphatic rings. The fourth-order valence-corrected chi connectivity index (χ4v) is 2.32. The van der Waals surface area contributed by atoms with E-state index in [2.05, 4.69) is 12.1 Å². The van der Waals surface area contributed by atoms with Gasteiger partial charge in [0.05, 0.1) is 12.2 Å². The minimum Gasteiger partial charge on any atom is -0.402 e. The van der Waals surface area contributed by atoms with Crippen LogP contribution in [0.4, 0.5) is 0 Å². The van der Waals surface area contributed by atoms with E-state index in [0.29, 0.717) is 12.2 Å². The van der Waals surface area contributed by atoms with Crippen LogP contribution in [0.2, 0.25) is 0 Å². The normalized spacial score (nSPS) is 30.7. The molecular formula is C11H13BO2. The zero-order valence-corrected chi connectivity index (χ0v) is 8.06. The molecule has 14 heavy (non-hydrogen) atoms. The fourth-order valence-electron chi connectivity index (χ4n) is 2.32. The van der Waals surface area contributed by atoms with E-state index in [9.17, 15) is 0 Å². The van der Waals surface area contributed by atoms with Crippen molar-refractivity contribution in [2.75, 3.05) is 0 Å². The van der Waals surface area contributed by atoms with Crippen molar-refractivity contribution in [1.82, 2.24) is 0 Å². The monoisotopic (exact) mass is 188 g/mol. The van der Waals surface area contributed by atoms with Gasteiger partial charge in [-0.25, -0.2) is 0 Å². The van der Waals surface area contributed by atoms with Crippen molar-refractivity contribution in [3.63, 3.8) is 0 Å². The molecule has 1 aliphatic heterocycles. The van der Waals surface area contributed by atoms with Crippen LogP contribution in [-0.2, 0) is 9.31 Å². The zero-order valence-electron chi connectivity index (χ0n) is 8.06. The quantitative estimate of drug-likeness (QED) is 0.619. The Labute approximate surface area is 84.4 Å². The predicted octanol–water partition coefficient (Wildman–Crippen LogP) is 1.35. The molecule has 0 amide bonds. The summed E-state index contributed by atoms with van der Waals surface area (Å²) >= 11 is 0. The second kappa shape index (κ2) is 3.41. The van der Waals surface area contributed by atoms with Crippen LogP contribution in [0.5, 0.6) is 0 Å². The third-order valence-corrected chi connectivity index (χ3v) is 3.06. The number of hydrogen-bond donors (Lipinski definition) is 0. The van der Waals surface area contributed by atoms with E-state index in [1.54, 1.807) is 0 Å². The summed E-state index contributed by atoms with van der Waals surface area (Å²) in [5.74, 6) is 0. The van der Waals surface area contributed by atoms with Gasteiger partial charge >= 0.3 is 7.12 Å². The first-order chi connectivity index (χ1) is 6.93. The van der Waals surface area contributed by atoms with E-state index in [4.69, 9.17) is 9.31 Å². The number of hydrogen-bond acceptors (Lipinski definition) is 2. The largest absolute Gasteiger partial charge is 0.494 e. The zero-order chi connectivity index (χ0) is 9.38. The van der Waals surface area contributed by atoms with Gasteiger partial charge in [0.15, 0.2) is 0 Å². The Morgan fingerprint density at radius 3 is 2.29 bits per heavy atom. The molecule has 3 rings (SSSR count). The van der Waals surface area contributed by atoms with Gasteiger partial charge in [-0.1, -0.05) is 30.3 Å². The first-order valence-electron chi connectivity index (χ1n) is 5.29. The summed E-state index contributed by atoms with van der Waals surface area (Å²) in [5.41, 5.74) is 1.14. The summed E-state index contributed by atoms with van der Waals surface area (Å²) in [6, 6.07) is 10.2. The molecule has 0 unspecified atom stereocenters. The summed E-state index contributed by atoms with van der Waals surface area (Å²) < 4.78 is 11.7. The topological polar surface area (TPSA) is 18.5 Å². The molecule has 0 radical (unpaired) electrons. The lowest BCUT2D eigenvalue weighted by atomic mass is 9.79. The van der Waals surface area contributed by atoms with Gasteiger partial charge in [0.2, 0.25) is 0 Å². The number of rotatable bonds is 1. The summed E-state index contributed by atoms with van der Waals surface area (Å²) in [6.07, 6.45) is 4.26. The Morgan fingerprint density at radius 1 is 1.00 bits per heavy atom. The lowest BCUT2D eigenvalue weighted by molar-refractivity contribution is 0.187. The molecule has 1 aromatic carbocycles. The van der Waals surface area contributed by atoms with Gasteiger partial charge in [-0.05, 0) is 24.7 Å². The lowest BCUT2D eigenvalue weighted by Gasteiger charge is -2.06. The molecule has 1 aliphatic carbocycles. The lowest BCUT2D eigenvalue weighted by Crippen LogP contribution is -2.32. The highest BCUT2D eigenvalue weighted by Gasteiger charge is 2.42. The number of fused-ring (bicyclic) bond motifs is 1. The van der Waals surface area contributed by atoms with E-state index in [1.807, 2.05) is 18.2 Å². The first kappa shape index (κ1) is 8.51. The van der Waals surface area contributed by atoms with Gasteiger partial charge in [-0.2, -0.15) is 0 Å². The molecule has 0 bridgehead atoms. The van der Waals surface area contributed by atoms with Crippen LogP contribution in [0.25, 0.3) is 0 Å². The van der Waals surface area contributed by atoms with Crippen LogP contribution < -0.4 is 5.46 Å². The highest BCUT2D eigenvalue weighted by Crippen LogP contribution is 2.30. The van der Waals surface area contributed by atoms with Gasteiger partial charge in [0, 0.05) is 0 Å². The van der Waals surface area contributed by atoms with Gasteiger partial charge < -0.3 is 9.31 Å². The SMILES string of the molecule is c1ccc(B2O[C@H]3CCC[C@H]3O2)cc1. The molecule has 1 aromatic rings. The molecule has 1 saturated carbocycles. The smallest absolute Gasteiger partial charge is 0.402 e. The first-order valence-corrected chi connectivity index (χ1v) is 5.29. The van der Waals surface area contributed by atoms with Gasteiger partial charge in [-0.15, -0.1) is 0 Å². The highest BCUT2D eigenvalue weighted by molar-refractivity contribution is 6.61. The fraction of sp³-hybridized carbons (Fsp3) is 0.455. The Bertz CT molecular complexity index is 302. The van der Waals surface area contributed by atoms with Crippen LogP contribution in [-0.4, -0.2) is 19.3 Å². The molecule has 72 valence electrons. The second-order valence-corrected chi connectivity index (χ2v) is 4.02. The minimum atomic E-state index is -0.119. The minimum absolute atomic E-state index is 0.119. The van der Waals surface area contributed by atoms with E-state index in [-0.39, 0.29) is 7.12 Å². The van der Waals surface area contributed by atoms with Crippen molar-refractivity contribution in [3.05, 3.63) is 30.3 Å². The average Bonchev–Trinajstić information content (AvgIpc) is 2.78. The van der Waals surface area contributed by atoms with Crippen LogP contribution in [0.1, 0.15) is 19.3 Å². The molecule has 0 spiro atoms. The van der Waals surface area contributed by atoms with Crippen LogP contribution in [0.3, 0.4) is 0 Å². The van der Waals surface area contributed by atoms with Crippen molar-refractivity contribution in [2.45, 2.75) is 31.5 Å². The van der Waals surface area contributed by atoms with Crippen LogP contribution in [0.15, 0.2) is 30.3 Å². The summed E-state index contributed by atoms with van der Waals surface area (Å²) in [6.45, 7) is 0. The third kappa shape index (κ3) is 1.37. The van der Waals surface area contributed by atoms with E-state index in [0.717, 1.165) is 18.3 Å². The van der Waals surface area contributed by atoms with Crippen LogP contribution >= 0.6 is 0 Å². The Hall–Kier alpha value is -0.795. The summed E-state index contributed by atoms with van der Waals surface area (Å²) in [4.78, 5) is 0. The Balaban J connectivity index is 1.77. The third-order valence-electron chi connectivity index (χ3n) is 3.06. The molecule has 2 nitrogen and oxygen atoms in total. The molecule has 1 heterocycles. The van der Waals surface area contributed by atoms with Crippen molar-refractivity contribution in [2.24, 2.45) is 0 Å². The highest BCUT2D eigenvalue weighted by atomic mass is 16.7.